The molecule has 0 spiro atoms. The Morgan fingerprint density at radius 2 is 1.67 bits per heavy atom. The summed E-state index contributed by atoms with van der Waals surface area (Å²) in [5.74, 6) is 0.241. The molecule has 0 bridgehead atoms. The largest absolute Gasteiger partial charge is 0.497 e. The zero-order valence-corrected chi connectivity index (χ0v) is 18.3. The molecule has 0 aliphatic carbocycles. The van der Waals surface area contributed by atoms with E-state index in [1.165, 1.54) is 13.2 Å². The van der Waals surface area contributed by atoms with Crippen molar-refractivity contribution in [3.8, 4) is 11.5 Å². The number of fused-ring (bicyclic) bond motifs is 1. The third kappa shape index (κ3) is 4.80. The van der Waals surface area contributed by atoms with Crippen LogP contribution in [-0.4, -0.2) is 31.0 Å². The monoisotopic (exact) mass is 441 g/mol. The number of ether oxygens (including phenoxy) is 3. The Kier molecular flexibility index (Phi) is 6.55. The molecule has 0 fully saturated rings. The molecule has 1 N–H and O–H groups in total. The second-order valence-corrected chi connectivity index (χ2v) is 7.28. The molecule has 0 saturated heterocycles. The van der Waals surface area contributed by atoms with Crippen molar-refractivity contribution in [1.82, 2.24) is 4.98 Å². The summed E-state index contributed by atoms with van der Waals surface area (Å²) in [4.78, 5) is 29.3. The molecule has 6 heteroatoms. The van der Waals surface area contributed by atoms with Gasteiger partial charge in [0.05, 0.1) is 14.2 Å². The van der Waals surface area contributed by atoms with Gasteiger partial charge in [0.2, 0.25) is 5.78 Å². The van der Waals surface area contributed by atoms with Gasteiger partial charge in [0, 0.05) is 45.9 Å². The Balaban J connectivity index is 1.61. The number of benzene rings is 3. The van der Waals surface area contributed by atoms with Gasteiger partial charge in [-0.3, -0.25) is 4.79 Å². The van der Waals surface area contributed by atoms with Crippen molar-refractivity contribution in [3.05, 3.63) is 102 Å². The molecule has 0 aliphatic rings. The highest BCUT2D eigenvalue weighted by Crippen LogP contribution is 2.28. The van der Waals surface area contributed by atoms with E-state index in [0.717, 1.165) is 10.9 Å². The third-order valence-corrected chi connectivity index (χ3v) is 5.27. The van der Waals surface area contributed by atoms with Crippen LogP contribution < -0.4 is 9.47 Å². The van der Waals surface area contributed by atoms with Gasteiger partial charge < -0.3 is 19.2 Å². The maximum Gasteiger partial charge on any atom is 0.331 e. The number of ketones is 1. The number of nitrogens with one attached hydrogen (secondary N) is 1. The summed E-state index contributed by atoms with van der Waals surface area (Å²) in [6.45, 7) is 0. The van der Waals surface area contributed by atoms with Gasteiger partial charge in [-0.1, -0.05) is 48.5 Å². The fourth-order valence-electron chi connectivity index (χ4n) is 3.59. The fraction of sp³-hybridized carbons (Fsp3) is 0.111. The van der Waals surface area contributed by atoms with Gasteiger partial charge in [0.25, 0.3) is 0 Å². The average Bonchev–Trinajstić information content (AvgIpc) is 3.30. The number of Topliss-reactive ketones (excluding diaryl/α,β-unsaturated/α-hetero) is 1. The van der Waals surface area contributed by atoms with Gasteiger partial charge in [0.1, 0.15) is 11.5 Å². The van der Waals surface area contributed by atoms with Crippen LogP contribution in [0.5, 0.6) is 11.5 Å². The summed E-state index contributed by atoms with van der Waals surface area (Å²) in [6, 6.07) is 21.7. The lowest BCUT2D eigenvalue weighted by Gasteiger charge is -2.16. The lowest BCUT2D eigenvalue weighted by atomic mass is 9.99. The summed E-state index contributed by atoms with van der Waals surface area (Å²) in [5, 5.41) is 0.776. The summed E-state index contributed by atoms with van der Waals surface area (Å²) >= 11 is 0. The van der Waals surface area contributed by atoms with Crippen LogP contribution in [0.1, 0.15) is 27.6 Å². The van der Waals surface area contributed by atoms with Crippen LogP contribution in [0.2, 0.25) is 0 Å². The number of para-hydroxylation sites is 1. The Morgan fingerprint density at radius 1 is 0.909 bits per heavy atom. The molecule has 4 rings (SSSR count). The highest BCUT2D eigenvalue weighted by molar-refractivity contribution is 6.10. The predicted molar refractivity (Wildman–Crippen MR) is 126 cm³/mol. The molecule has 0 aliphatic heterocycles. The quantitative estimate of drug-likeness (QED) is 0.226. The molecule has 1 atom stereocenters. The Bertz CT molecular complexity index is 1310. The summed E-state index contributed by atoms with van der Waals surface area (Å²) < 4.78 is 16.2. The van der Waals surface area contributed by atoms with Crippen LogP contribution in [0.25, 0.3) is 17.0 Å². The van der Waals surface area contributed by atoms with E-state index < -0.39 is 12.1 Å². The maximum absolute atomic E-state index is 13.4. The van der Waals surface area contributed by atoms with Crippen molar-refractivity contribution >= 4 is 28.7 Å². The molecule has 1 aromatic heterocycles. The van der Waals surface area contributed by atoms with Gasteiger partial charge in [-0.2, -0.15) is 0 Å². The first-order chi connectivity index (χ1) is 16.1. The van der Waals surface area contributed by atoms with Crippen molar-refractivity contribution in [1.29, 1.82) is 0 Å². The minimum absolute atomic E-state index is 0.303. The van der Waals surface area contributed by atoms with Gasteiger partial charge in [-0.15, -0.1) is 0 Å². The highest BCUT2D eigenvalue weighted by atomic mass is 16.5. The van der Waals surface area contributed by atoms with E-state index in [-0.39, 0.29) is 5.78 Å². The molecule has 33 heavy (non-hydrogen) atoms. The van der Waals surface area contributed by atoms with E-state index in [2.05, 4.69) is 4.98 Å². The summed E-state index contributed by atoms with van der Waals surface area (Å²) in [5.41, 5.74) is 2.57. The molecule has 0 saturated carbocycles. The van der Waals surface area contributed by atoms with Gasteiger partial charge in [-0.05, 0) is 24.3 Å². The van der Waals surface area contributed by atoms with Crippen molar-refractivity contribution in [2.75, 3.05) is 14.2 Å². The van der Waals surface area contributed by atoms with Crippen LogP contribution >= 0.6 is 0 Å². The second-order valence-electron chi connectivity index (χ2n) is 7.28. The number of hydrogen-bond acceptors (Lipinski definition) is 5. The number of carbonyl (C=O) groups excluding carboxylic acids is 2. The number of rotatable bonds is 8. The van der Waals surface area contributed by atoms with Crippen LogP contribution in [0, 0.1) is 0 Å². The summed E-state index contributed by atoms with van der Waals surface area (Å²) in [7, 11) is 3.10. The second kappa shape index (κ2) is 9.87. The molecule has 1 heterocycles. The minimum Gasteiger partial charge on any atom is -0.497 e. The molecule has 166 valence electrons. The number of carbonyl (C=O) groups is 2. The number of H-pyrrole nitrogens is 1. The first kappa shape index (κ1) is 21.9. The lowest BCUT2D eigenvalue weighted by Crippen LogP contribution is -2.19. The Morgan fingerprint density at radius 3 is 2.42 bits per heavy atom. The number of aromatic nitrogens is 1. The SMILES string of the molecule is COc1ccc(/C=C/C(=O)O[C@@H](C(=O)c2c[nH]c3ccccc23)c2ccccc2)c(OC)c1. The van der Waals surface area contributed by atoms with E-state index in [9.17, 15) is 9.59 Å². The minimum atomic E-state index is -1.08. The van der Waals surface area contributed by atoms with Gasteiger partial charge in [-0.25, -0.2) is 4.79 Å². The molecule has 3 aromatic carbocycles. The van der Waals surface area contributed by atoms with E-state index in [1.54, 1.807) is 61.8 Å². The molecule has 6 nitrogen and oxygen atoms in total. The molecule has 0 radical (unpaired) electrons. The fourth-order valence-corrected chi connectivity index (χ4v) is 3.59. The molecular weight excluding hydrogens is 418 g/mol. The van der Waals surface area contributed by atoms with Gasteiger partial charge in [0.15, 0.2) is 6.10 Å². The van der Waals surface area contributed by atoms with Crippen molar-refractivity contribution in [2.45, 2.75) is 6.10 Å². The van der Waals surface area contributed by atoms with Crippen LogP contribution in [0.3, 0.4) is 0 Å². The van der Waals surface area contributed by atoms with Crippen LogP contribution in [0.15, 0.2) is 85.1 Å². The molecule has 0 amide bonds. The predicted octanol–water partition coefficient (Wildman–Crippen LogP) is 5.37. The Labute approximate surface area is 191 Å². The number of esters is 1. The maximum atomic E-state index is 13.4. The third-order valence-electron chi connectivity index (χ3n) is 5.27. The van der Waals surface area contributed by atoms with E-state index in [4.69, 9.17) is 14.2 Å². The first-order valence-corrected chi connectivity index (χ1v) is 10.4. The standard InChI is InChI=1S/C27H23NO5/c1-31-20-14-12-18(24(16-20)32-2)13-15-25(29)33-27(19-8-4-3-5-9-19)26(30)22-17-28-23-11-7-6-10-21(22)23/h3-17,27-28H,1-2H3/b15-13+/t27-/m1/s1. The highest BCUT2D eigenvalue weighted by Gasteiger charge is 2.27. The van der Waals surface area contributed by atoms with Gasteiger partial charge >= 0.3 is 5.97 Å². The Hall–Kier alpha value is -4.32. The van der Waals surface area contributed by atoms with Crippen molar-refractivity contribution < 1.29 is 23.8 Å². The van der Waals surface area contributed by atoms with E-state index in [1.807, 2.05) is 30.3 Å². The van der Waals surface area contributed by atoms with Crippen molar-refractivity contribution in [3.63, 3.8) is 0 Å². The average molecular weight is 441 g/mol. The molecular formula is C27H23NO5. The smallest absolute Gasteiger partial charge is 0.331 e. The van der Waals surface area contributed by atoms with E-state index >= 15 is 0 Å². The molecule has 4 aromatic rings. The first-order valence-electron chi connectivity index (χ1n) is 10.4. The summed E-state index contributed by atoms with van der Waals surface area (Å²) in [6.07, 6.45) is 3.43. The number of methoxy groups -OCH3 is 2. The zero-order chi connectivity index (χ0) is 23.2. The zero-order valence-electron chi connectivity index (χ0n) is 18.3. The number of aromatic amines is 1. The normalized spacial score (nSPS) is 11.9. The van der Waals surface area contributed by atoms with Crippen molar-refractivity contribution in [2.24, 2.45) is 0 Å². The van der Waals surface area contributed by atoms with E-state index in [0.29, 0.717) is 28.2 Å². The topological polar surface area (TPSA) is 77.6 Å². The molecule has 0 unspecified atom stereocenters. The lowest BCUT2D eigenvalue weighted by molar-refractivity contribution is -0.141. The van der Waals surface area contributed by atoms with Crippen LogP contribution in [0.4, 0.5) is 0 Å². The van der Waals surface area contributed by atoms with Crippen LogP contribution in [-0.2, 0) is 9.53 Å². The number of hydrogen-bond donors (Lipinski definition) is 1.